The van der Waals surface area contributed by atoms with Gasteiger partial charge in [-0.3, -0.25) is 19.0 Å². The topological polar surface area (TPSA) is 90.3 Å². The summed E-state index contributed by atoms with van der Waals surface area (Å²) in [4.78, 5) is 43.4. The van der Waals surface area contributed by atoms with Crippen molar-refractivity contribution < 1.29 is 14.3 Å². The highest BCUT2D eigenvalue weighted by Gasteiger charge is 2.24. The van der Waals surface area contributed by atoms with E-state index in [0.717, 1.165) is 17.5 Å². The lowest BCUT2D eigenvalue weighted by molar-refractivity contribution is -0.118. The standard InChI is InChI=1S/C25H21N3O4S/c1-3-15-4-6-16(7-5-15)18-12-33-24-22(18)25(31)28(13-26-24)14(2)23(30)17-8-9-20-19(10-17)27-21(29)11-32-20/h4-10,12-14H,3,11H2,1-2H3,(H,27,29). The van der Waals surface area contributed by atoms with Crippen LogP contribution in [0.15, 0.2) is 59.0 Å². The van der Waals surface area contributed by atoms with Gasteiger partial charge in [-0.15, -0.1) is 11.3 Å². The molecule has 2 aromatic heterocycles. The monoisotopic (exact) mass is 459 g/mol. The van der Waals surface area contributed by atoms with Crippen molar-refractivity contribution in [3.63, 3.8) is 0 Å². The van der Waals surface area contributed by atoms with Crippen molar-refractivity contribution in [1.29, 1.82) is 0 Å². The van der Waals surface area contributed by atoms with Crippen LogP contribution in [0.5, 0.6) is 5.75 Å². The number of Topliss-reactive ketones (excluding diaryl/α,β-unsaturated/α-hetero) is 1. The largest absolute Gasteiger partial charge is 0.482 e. The summed E-state index contributed by atoms with van der Waals surface area (Å²) in [5.74, 6) is -0.0241. The van der Waals surface area contributed by atoms with Crippen LogP contribution in [0.1, 0.15) is 35.8 Å². The van der Waals surface area contributed by atoms with E-state index >= 15 is 0 Å². The second kappa shape index (κ2) is 8.29. The maximum Gasteiger partial charge on any atom is 0.263 e. The Kier molecular flexibility index (Phi) is 5.30. The Labute approximate surface area is 193 Å². The van der Waals surface area contributed by atoms with Crippen molar-refractivity contribution >= 4 is 38.9 Å². The van der Waals surface area contributed by atoms with Crippen molar-refractivity contribution in [3.8, 4) is 16.9 Å². The summed E-state index contributed by atoms with van der Waals surface area (Å²) in [6, 6.07) is 12.2. The van der Waals surface area contributed by atoms with Gasteiger partial charge in [0, 0.05) is 16.5 Å². The van der Waals surface area contributed by atoms with E-state index in [1.165, 1.54) is 27.8 Å². The minimum absolute atomic E-state index is 0.0537. The summed E-state index contributed by atoms with van der Waals surface area (Å²) >= 11 is 1.41. The number of amides is 1. The number of rotatable bonds is 5. The number of thiophene rings is 1. The van der Waals surface area contributed by atoms with E-state index < -0.39 is 6.04 Å². The number of hydrogen-bond donors (Lipinski definition) is 1. The molecule has 0 radical (unpaired) electrons. The third-order valence-electron chi connectivity index (χ3n) is 5.89. The van der Waals surface area contributed by atoms with E-state index in [-0.39, 0.29) is 23.9 Å². The summed E-state index contributed by atoms with van der Waals surface area (Å²) < 4.78 is 6.73. The number of carbonyl (C=O) groups excluding carboxylic acids is 2. The molecule has 1 N–H and O–H groups in total. The number of aryl methyl sites for hydroxylation is 1. The third-order valence-corrected chi connectivity index (χ3v) is 6.77. The molecule has 8 heteroatoms. The van der Waals surface area contributed by atoms with E-state index in [9.17, 15) is 14.4 Å². The molecule has 3 heterocycles. The molecule has 0 saturated heterocycles. The van der Waals surface area contributed by atoms with Crippen LogP contribution >= 0.6 is 11.3 Å². The molecule has 1 unspecified atom stereocenters. The predicted molar refractivity (Wildman–Crippen MR) is 128 cm³/mol. The molecule has 1 aliphatic rings. The number of carbonyl (C=O) groups is 2. The highest BCUT2D eigenvalue weighted by atomic mass is 32.1. The Bertz CT molecular complexity index is 1450. The number of nitrogens with one attached hydrogen (secondary N) is 1. The van der Waals surface area contributed by atoms with Gasteiger partial charge < -0.3 is 10.1 Å². The lowest BCUT2D eigenvalue weighted by Crippen LogP contribution is -2.29. The second-order valence-electron chi connectivity index (χ2n) is 7.93. The molecular weight excluding hydrogens is 438 g/mol. The van der Waals surface area contributed by atoms with Gasteiger partial charge in [0.25, 0.3) is 11.5 Å². The molecule has 0 bridgehead atoms. The first-order valence-electron chi connectivity index (χ1n) is 10.6. The lowest BCUT2D eigenvalue weighted by Gasteiger charge is -2.19. The molecule has 0 aliphatic carbocycles. The van der Waals surface area contributed by atoms with Gasteiger partial charge in [0.2, 0.25) is 0 Å². The molecule has 0 saturated carbocycles. The summed E-state index contributed by atoms with van der Waals surface area (Å²) in [5, 5.41) is 5.15. The normalized spacial score (nSPS) is 13.8. The molecule has 1 amide bonds. The predicted octanol–water partition coefficient (Wildman–Crippen LogP) is 4.46. The molecule has 1 atom stereocenters. The number of ketones is 1. The molecule has 0 spiro atoms. The van der Waals surface area contributed by atoms with E-state index in [0.29, 0.717) is 27.2 Å². The van der Waals surface area contributed by atoms with E-state index in [2.05, 4.69) is 29.4 Å². The summed E-state index contributed by atoms with van der Waals surface area (Å²) in [7, 11) is 0. The van der Waals surface area contributed by atoms with Gasteiger partial charge in [0.15, 0.2) is 12.4 Å². The molecule has 0 fully saturated rings. The van der Waals surface area contributed by atoms with Gasteiger partial charge in [-0.2, -0.15) is 0 Å². The Morgan fingerprint density at radius 2 is 2.00 bits per heavy atom. The van der Waals surface area contributed by atoms with Crippen LogP contribution in [0.25, 0.3) is 21.3 Å². The minimum Gasteiger partial charge on any atom is -0.482 e. The van der Waals surface area contributed by atoms with E-state index in [1.807, 2.05) is 17.5 Å². The number of ether oxygens (including phenoxy) is 1. The maximum atomic E-state index is 13.5. The van der Waals surface area contributed by atoms with E-state index in [4.69, 9.17) is 4.74 Å². The molecule has 4 aromatic rings. The summed E-state index contributed by atoms with van der Waals surface area (Å²) in [6.07, 6.45) is 2.37. The minimum atomic E-state index is -0.775. The molecule has 1 aliphatic heterocycles. The van der Waals surface area contributed by atoms with E-state index in [1.54, 1.807) is 25.1 Å². The van der Waals surface area contributed by atoms with Gasteiger partial charge in [0.1, 0.15) is 10.6 Å². The van der Waals surface area contributed by atoms with Crippen LogP contribution in [0.3, 0.4) is 0 Å². The van der Waals surface area contributed by atoms with Crippen LogP contribution in [-0.4, -0.2) is 27.8 Å². The average molecular weight is 460 g/mol. The third kappa shape index (κ3) is 3.72. The average Bonchev–Trinajstić information content (AvgIpc) is 3.28. The molecular formula is C25H21N3O4S. The zero-order valence-electron chi connectivity index (χ0n) is 18.1. The second-order valence-corrected chi connectivity index (χ2v) is 8.78. The quantitative estimate of drug-likeness (QED) is 0.445. The Balaban J connectivity index is 1.52. The number of nitrogens with zero attached hydrogens (tertiary/aromatic N) is 2. The Morgan fingerprint density at radius 1 is 1.21 bits per heavy atom. The van der Waals surface area contributed by atoms with Gasteiger partial charge in [-0.25, -0.2) is 4.98 Å². The van der Waals surface area contributed by atoms with Crippen molar-refractivity contribution in [2.45, 2.75) is 26.3 Å². The van der Waals surface area contributed by atoms with Crippen LogP contribution in [0.2, 0.25) is 0 Å². The van der Waals surface area contributed by atoms with Crippen molar-refractivity contribution in [2.75, 3.05) is 11.9 Å². The van der Waals surface area contributed by atoms with Crippen molar-refractivity contribution in [3.05, 3.63) is 75.7 Å². The fraction of sp³-hybridized carbons (Fsp3) is 0.200. The van der Waals surface area contributed by atoms with Gasteiger partial charge in [0.05, 0.1) is 23.4 Å². The van der Waals surface area contributed by atoms with Crippen LogP contribution in [0.4, 0.5) is 5.69 Å². The fourth-order valence-electron chi connectivity index (χ4n) is 3.96. The van der Waals surface area contributed by atoms with Gasteiger partial charge in [-0.05, 0) is 42.7 Å². The first-order valence-corrected chi connectivity index (χ1v) is 11.5. The number of hydrogen-bond acceptors (Lipinski definition) is 6. The van der Waals surface area contributed by atoms with Crippen LogP contribution < -0.4 is 15.6 Å². The maximum absolute atomic E-state index is 13.5. The summed E-state index contributed by atoms with van der Waals surface area (Å²) in [5.41, 5.74) is 3.55. The smallest absolute Gasteiger partial charge is 0.263 e. The Morgan fingerprint density at radius 3 is 2.76 bits per heavy atom. The highest BCUT2D eigenvalue weighted by molar-refractivity contribution is 7.17. The van der Waals surface area contributed by atoms with Crippen LogP contribution in [0, 0.1) is 0 Å². The number of aromatic nitrogens is 2. The molecule has 33 heavy (non-hydrogen) atoms. The van der Waals surface area contributed by atoms with Crippen molar-refractivity contribution in [2.24, 2.45) is 0 Å². The molecule has 2 aromatic carbocycles. The lowest BCUT2D eigenvalue weighted by atomic mass is 10.0. The highest BCUT2D eigenvalue weighted by Crippen LogP contribution is 2.32. The summed E-state index contributed by atoms with van der Waals surface area (Å²) in [6.45, 7) is 3.72. The number of anilines is 1. The number of fused-ring (bicyclic) bond motifs is 2. The van der Waals surface area contributed by atoms with Crippen molar-refractivity contribution in [1.82, 2.24) is 9.55 Å². The molecule has 166 valence electrons. The first-order chi connectivity index (χ1) is 16.0. The molecule has 7 nitrogen and oxygen atoms in total. The fourth-order valence-corrected chi connectivity index (χ4v) is 4.86. The Hall–Kier alpha value is -3.78. The first kappa shape index (κ1) is 21.1. The van der Waals surface area contributed by atoms with Gasteiger partial charge >= 0.3 is 0 Å². The SMILES string of the molecule is CCc1ccc(-c2csc3ncn(C(C)C(=O)c4ccc5c(c4)NC(=O)CO5)c(=O)c23)cc1. The zero-order chi connectivity index (χ0) is 23.1. The molecule has 5 rings (SSSR count). The van der Waals surface area contributed by atoms with Crippen LogP contribution in [-0.2, 0) is 11.2 Å². The van der Waals surface area contributed by atoms with Gasteiger partial charge in [-0.1, -0.05) is 31.2 Å². The number of benzene rings is 2. The zero-order valence-corrected chi connectivity index (χ0v) is 18.9.